The fraction of sp³-hybridized carbons (Fsp3) is 0.125. The summed E-state index contributed by atoms with van der Waals surface area (Å²) in [7, 11) is -3.84. The maximum atomic E-state index is 11.2. The number of benzene rings is 1. The predicted octanol–water partition coefficient (Wildman–Crippen LogP) is 0.198. The minimum absolute atomic E-state index is 0.0728. The lowest BCUT2D eigenvalue weighted by molar-refractivity contribution is 0.0961. The number of ketones is 1. The average Bonchev–Trinajstić information content (AvgIpc) is 2.45. The van der Waals surface area contributed by atoms with Crippen LogP contribution >= 0.6 is 12.6 Å². The molecule has 0 spiro atoms. The van der Waals surface area contributed by atoms with Gasteiger partial charge in [0.1, 0.15) is 5.75 Å². The summed E-state index contributed by atoms with van der Waals surface area (Å²) < 4.78 is 27.2. The molecule has 2 N–H and O–H groups in total. The monoisotopic (exact) mass is 245 g/mol. The van der Waals surface area contributed by atoms with Gasteiger partial charge in [-0.2, -0.15) is 0 Å². The molecular formula is C8H7NO4S2. The smallest absolute Gasteiger partial charge is 0.239 e. The van der Waals surface area contributed by atoms with Crippen LogP contribution in [-0.4, -0.2) is 20.8 Å². The number of sulfonamides is 1. The lowest BCUT2D eigenvalue weighted by Crippen LogP contribution is -2.13. The Bertz CT molecular complexity index is 550. The van der Waals surface area contributed by atoms with Gasteiger partial charge in [-0.05, 0) is 6.07 Å². The van der Waals surface area contributed by atoms with E-state index < -0.39 is 10.0 Å². The van der Waals surface area contributed by atoms with Crippen LogP contribution in [0.4, 0.5) is 0 Å². The van der Waals surface area contributed by atoms with Gasteiger partial charge in [-0.3, -0.25) is 4.79 Å². The van der Waals surface area contributed by atoms with Crippen LogP contribution in [0.15, 0.2) is 21.9 Å². The first-order valence-corrected chi connectivity index (χ1v) is 5.95. The molecule has 1 aromatic carbocycles. The topological polar surface area (TPSA) is 86.5 Å². The maximum absolute atomic E-state index is 11.2. The number of carbonyl (C=O) groups is 1. The number of primary sulfonamides is 1. The third-order valence-corrected chi connectivity index (χ3v) is 3.50. The molecule has 7 heteroatoms. The van der Waals surface area contributed by atoms with E-state index in [9.17, 15) is 13.2 Å². The minimum atomic E-state index is -3.84. The third-order valence-electron chi connectivity index (χ3n) is 2.03. The lowest BCUT2D eigenvalue weighted by Gasteiger charge is -2.04. The molecule has 0 aliphatic carbocycles. The van der Waals surface area contributed by atoms with Gasteiger partial charge < -0.3 is 4.74 Å². The number of ether oxygens (including phenoxy) is 1. The van der Waals surface area contributed by atoms with Crippen molar-refractivity contribution in [1.82, 2.24) is 0 Å². The largest absolute Gasteiger partial charge is 0.485 e. The summed E-state index contributed by atoms with van der Waals surface area (Å²) in [5.41, 5.74) is 0.340. The second-order valence-electron chi connectivity index (χ2n) is 3.07. The summed E-state index contributed by atoms with van der Waals surface area (Å²) in [5, 5.41) is 4.97. The van der Waals surface area contributed by atoms with Gasteiger partial charge in [0.25, 0.3) is 0 Å². The van der Waals surface area contributed by atoms with Gasteiger partial charge in [0.2, 0.25) is 15.8 Å². The van der Waals surface area contributed by atoms with Crippen LogP contribution in [0, 0.1) is 0 Å². The lowest BCUT2D eigenvalue weighted by atomic mass is 10.1. The maximum Gasteiger partial charge on any atom is 0.239 e. The number of fused-ring (bicyclic) bond motifs is 1. The highest BCUT2D eigenvalue weighted by Gasteiger charge is 2.25. The van der Waals surface area contributed by atoms with Crippen molar-refractivity contribution in [3.05, 3.63) is 17.7 Å². The Labute approximate surface area is 91.7 Å². The molecule has 0 saturated carbocycles. The van der Waals surface area contributed by atoms with E-state index in [0.717, 1.165) is 0 Å². The Morgan fingerprint density at radius 1 is 1.40 bits per heavy atom. The highest BCUT2D eigenvalue weighted by molar-refractivity contribution is 7.90. The quantitative estimate of drug-likeness (QED) is 0.692. The van der Waals surface area contributed by atoms with E-state index in [4.69, 9.17) is 9.88 Å². The van der Waals surface area contributed by atoms with Crippen molar-refractivity contribution < 1.29 is 17.9 Å². The van der Waals surface area contributed by atoms with E-state index in [0.29, 0.717) is 5.56 Å². The SMILES string of the molecule is NS(=O)(=O)c1cc2c(cc1S)C(=O)CO2. The summed E-state index contributed by atoms with van der Waals surface area (Å²) in [5.74, 6) is 0.0445. The van der Waals surface area contributed by atoms with Gasteiger partial charge in [0, 0.05) is 11.0 Å². The zero-order valence-electron chi connectivity index (χ0n) is 7.43. The van der Waals surface area contributed by atoms with Gasteiger partial charge in [-0.1, -0.05) is 0 Å². The van der Waals surface area contributed by atoms with Crippen molar-refractivity contribution in [3.63, 3.8) is 0 Å². The van der Waals surface area contributed by atoms with Crippen LogP contribution in [0.3, 0.4) is 0 Å². The molecule has 0 aromatic heterocycles. The number of carbonyl (C=O) groups excluding carboxylic acids is 1. The van der Waals surface area contributed by atoms with Crippen molar-refractivity contribution in [2.75, 3.05) is 6.61 Å². The van der Waals surface area contributed by atoms with Crippen molar-refractivity contribution in [2.45, 2.75) is 9.79 Å². The Kier molecular flexibility index (Phi) is 2.25. The molecule has 1 heterocycles. The molecule has 5 nitrogen and oxygen atoms in total. The number of hydrogen-bond acceptors (Lipinski definition) is 5. The average molecular weight is 245 g/mol. The van der Waals surface area contributed by atoms with Crippen LogP contribution in [0.2, 0.25) is 0 Å². The van der Waals surface area contributed by atoms with Crippen LogP contribution in [0.5, 0.6) is 5.75 Å². The van der Waals surface area contributed by atoms with Gasteiger partial charge >= 0.3 is 0 Å². The summed E-state index contributed by atoms with van der Waals surface area (Å²) in [4.78, 5) is 11.2. The van der Waals surface area contributed by atoms with Gasteiger partial charge in [-0.15, -0.1) is 12.6 Å². The summed E-state index contributed by atoms with van der Waals surface area (Å²) in [6.45, 7) is -0.0728. The molecule has 2 rings (SSSR count). The van der Waals surface area contributed by atoms with Crippen LogP contribution < -0.4 is 9.88 Å². The van der Waals surface area contributed by atoms with Crippen molar-refractivity contribution >= 4 is 28.4 Å². The first kappa shape index (κ1) is 10.5. The van der Waals surface area contributed by atoms with E-state index in [-0.39, 0.29) is 27.9 Å². The third kappa shape index (κ3) is 1.73. The summed E-state index contributed by atoms with van der Waals surface area (Å²) >= 11 is 3.96. The Morgan fingerprint density at radius 2 is 2.07 bits per heavy atom. The highest BCUT2D eigenvalue weighted by atomic mass is 32.2. The molecule has 15 heavy (non-hydrogen) atoms. The fourth-order valence-corrected chi connectivity index (χ4v) is 2.53. The standard InChI is InChI=1S/C8H7NO4S2/c9-15(11,12)8-2-6-4(1-7(8)14)5(10)3-13-6/h1-2,14H,3H2,(H2,9,11,12). The van der Waals surface area contributed by atoms with Crippen LogP contribution in [-0.2, 0) is 10.0 Å². The number of thiol groups is 1. The molecule has 1 aliphatic rings. The van der Waals surface area contributed by atoms with Crippen LogP contribution in [0.1, 0.15) is 10.4 Å². The molecular weight excluding hydrogens is 238 g/mol. The summed E-state index contributed by atoms with van der Waals surface area (Å²) in [6.07, 6.45) is 0. The molecule has 1 aromatic rings. The predicted molar refractivity (Wildman–Crippen MR) is 54.9 cm³/mol. The fourth-order valence-electron chi connectivity index (χ4n) is 1.34. The zero-order valence-corrected chi connectivity index (χ0v) is 9.14. The van der Waals surface area contributed by atoms with Crippen molar-refractivity contribution in [3.8, 4) is 5.75 Å². The Morgan fingerprint density at radius 3 is 2.67 bits per heavy atom. The van der Waals surface area contributed by atoms with Crippen molar-refractivity contribution in [2.24, 2.45) is 5.14 Å². The van der Waals surface area contributed by atoms with Gasteiger partial charge in [0.05, 0.1) is 10.5 Å². The van der Waals surface area contributed by atoms with Crippen LogP contribution in [0.25, 0.3) is 0 Å². The normalized spacial score (nSPS) is 14.9. The number of rotatable bonds is 1. The molecule has 0 atom stereocenters. The molecule has 0 unspecified atom stereocenters. The molecule has 0 fully saturated rings. The first-order chi connectivity index (χ1) is 6.89. The molecule has 80 valence electrons. The number of Topliss-reactive ketones (excluding diaryl/α,β-unsaturated/α-hetero) is 1. The number of nitrogens with two attached hydrogens (primary N) is 1. The molecule has 0 radical (unpaired) electrons. The Hall–Kier alpha value is -1.05. The molecule has 0 bridgehead atoms. The van der Waals surface area contributed by atoms with Crippen molar-refractivity contribution in [1.29, 1.82) is 0 Å². The van der Waals surface area contributed by atoms with E-state index in [1.54, 1.807) is 0 Å². The van der Waals surface area contributed by atoms with Gasteiger partial charge in [0.15, 0.2) is 6.61 Å². The molecule has 0 amide bonds. The second-order valence-corrected chi connectivity index (χ2v) is 5.08. The Balaban J connectivity index is 2.69. The second kappa shape index (κ2) is 3.22. The van der Waals surface area contributed by atoms with E-state index in [1.165, 1.54) is 12.1 Å². The molecule has 1 aliphatic heterocycles. The number of hydrogen-bond donors (Lipinski definition) is 2. The highest BCUT2D eigenvalue weighted by Crippen LogP contribution is 2.32. The first-order valence-electron chi connectivity index (χ1n) is 3.95. The van der Waals surface area contributed by atoms with E-state index in [1.807, 2.05) is 0 Å². The van der Waals surface area contributed by atoms with Gasteiger partial charge in [-0.25, -0.2) is 13.6 Å². The minimum Gasteiger partial charge on any atom is -0.485 e. The molecule has 0 saturated heterocycles. The zero-order chi connectivity index (χ0) is 11.2. The van der Waals surface area contributed by atoms with E-state index >= 15 is 0 Å². The summed E-state index contributed by atoms with van der Waals surface area (Å²) in [6, 6.07) is 2.57. The van der Waals surface area contributed by atoms with E-state index in [2.05, 4.69) is 12.6 Å².